The third kappa shape index (κ3) is 5.24. The maximum absolute atomic E-state index is 5.35. The van der Waals surface area contributed by atoms with E-state index in [9.17, 15) is 0 Å². The first-order valence-corrected chi connectivity index (χ1v) is 5.44. The molecule has 0 spiro atoms. The molecule has 0 aliphatic carbocycles. The van der Waals surface area contributed by atoms with Crippen LogP contribution in [0.1, 0.15) is 19.8 Å². The molecule has 0 atom stereocenters. The highest BCUT2D eigenvalue weighted by molar-refractivity contribution is 4.63. The Kier molecular flexibility index (Phi) is 6.15. The maximum atomic E-state index is 5.35. The Morgan fingerprint density at radius 3 is 2.54 bits per heavy atom. The number of rotatable bonds is 4. The number of nitrogens with zero attached hydrogens (tertiary/aromatic N) is 1. The average Bonchev–Trinajstić information content (AvgIpc) is 2.08. The van der Waals surface area contributed by atoms with E-state index in [-0.39, 0.29) is 0 Å². The van der Waals surface area contributed by atoms with Crippen molar-refractivity contribution in [3.8, 4) is 0 Å². The van der Waals surface area contributed by atoms with Crippen LogP contribution in [0.5, 0.6) is 0 Å². The molecule has 3 heteroatoms. The third-order valence-corrected chi connectivity index (χ3v) is 2.41. The van der Waals surface area contributed by atoms with Crippen LogP contribution in [0.4, 0.5) is 0 Å². The van der Waals surface area contributed by atoms with E-state index in [0.717, 1.165) is 19.8 Å². The largest absolute Gasteiger partial charge is 0.380 e. The van der Waals surface area contributed by atoms with Crippen molar-refractivity contribution in [2.75, 3.05) is 45.9 Å². The van der Waals surface area contributed by atoms with Gasteiger partial charge in [-0.25, -0.2) is 0 Å². The summed E-state index contributed by atoms with van der Waals surface area (Å²) in [6, 6.07) is 0. The van der Waals surface area contributed by atoms with Crippen LogP contribution in [-0.4, -0.2) is 50.8 Å². The van der Waals surface area contributed by atoms with Gasteiger partial charge in [-0.15, -0.1) is 0 Å². The molecular formula is C10H22N2O. The first kappa shape index (κ1) is 11.0. The smallest absolute Gasteiger partial charge is 0.0593 e. The standard InChI is InChI=1S/C10H22N2O/c1-2-13-10-9-12-7-3-5-11-6-4-8-12/h11H,2-10H2,1H3. The van der Waals surface area contributed by atoms with Gasteiger partial charge in [-0.05, 0) is 45.9 Å². The van der Waals surface area contributed by atoms with Crippen LogP contribution >= 0.6 is 0 Å². The van der Waals surface area contributed by atoms with Crippen molar-refractivity contribution in [3.63, 3.8) is 0 Å². The summed E-state index contributed by atoms with van der Waals surface area (Å²) in [7, 11) is 0. The van der Waals surface area contributed by atoms with Crippen LogP contribution in [0, 0.1) is 0 Å². The van der Waals surface area contributed by atoms with Crippen LogP contribution in [-0.2, 0) is 4.74 Å². The number of ether oxygens (including phenoxy) is 1. The Morgan fingerprint density at radius 1 is 1.23 bits per heavy atom. The van der Waals surface area contributed by atoms with Gasteiger partial charge in [0.15, 0.2) is 0 Å². The minimum absolute atomic E-state index is 0.843. The SMILES string of the molecule is CCOCCN1CCCNCCC1. The highest BCUT2D eigenvalue weighted by Gasteiger charge is 2.06. The van der Waals surface area contributed by atoms with Crippen molar-refractivity contribution in [2.45, 2.75) is 19.8 Å². The number of nitrogens with one attached hydrogen (secondary N) is 1. The second-order valence-electron chi connectivity index (χ2n) is 3.50. The molecule has 1 aliphatic heterocycles. The highest BCUT2D eigenvalue weighted by atomic mass is 16.5. The van der Waals surface area contributed by atoms with Crippen molar-refractivity contribution >= 4 is 0 Å². The fourth-order valence-electron chi connectivity index (χ4n) is 1.65. The Labute approximate surface area is 81.4 Å². The zero-order valence-corrected chi connectivity index (χ0v) is 8.72. The molecule has 0 radical (unpaired) electrons. The lowest BCUT2D eigenvalue weighted by Gasteiger charge is -2.24. The lowest BCUT2D eigenvalue weighted by Crippen LogP contribution is -2.35. The molecule has 13 heavy (non-hydrogen) atoms. The summed E-state index contributed by atoms with van der Waals surface area (Å²) >= 11 is 0. The van der Waals surface area contributed by atoms with Gasteiger partial charge in [0.2, 0.25) is 0 Å². The van der Waals surface area contributed by atoms with Crippen molar-refractivity contribution in [1.29, 1.82) is 0 Å². The number of hydrogen-bond donors (Lipinski definition) is 1. The van der Waals surface area contributed by atoms with E-state index in [0.29, 0.717) is 0 Å². The minimum Gasteiger partial charge on any atom is -0.380 e. The summed E-state index contributed by atoms with van der Waals surface area (Å²) in [4.78, 5) is 2.51. The lowest BCUT2D eigenvalue weighted by molar-refractivity contribution is 0.110. The molecule has 0 amide bonds. The Balaban J connectivity index is 2.06. The van der Waals surface area contributed by atoms with Gasteiger partial charge in [0, 0.05) is 13.2 Å². The highest BCUT2D eigenvalue weighted by Crippen LogP contribution is 1.96. The molecule has 0 bridgehead atoms. The van der Waals surface area contributed by atoms with Gasteiger partial charge < -0.3 is 15.0 Å². The lowest BCUT2D eigenvalue weighted by atomic mass is 10.3. The first-order chi connectivity index (χ1) is 6.43. The van der Waals surface area contributed by atoms with Crippen molar-refractivity contribution in [3.05, 3.63) is 0 Å². The third-order valence-electron chi connectivity index (χ3n) is 2.41. The molecule has 1 rings (SSSR count). The van der Waals surface area contributed by atoms with Crippen molar-refractivity contribution in [1.82, 2.24) is 10.2 Å². The topological polar surface area (TPSA) is 24.5 Å². The van der Waals surface area contributed by atoms with Crippen molar-refractivity contribution in [2.24, 2.45) is 0 Å². The van der Waals surface area contributed by atoms with E-state index in [1.54, 1.807) is 0 Å². The monoisotopic (exact) mass is 186 g/mol. The number of hydrogen-bond acceptors (Lipinski definition) is 3. The van der Waals surface area contributed by atoms with E-state index in [1.165, 1.54) is 39.0 Å². The predicted octanol–water partition coefficient (Wildman–Crippen LogP) is 0.708. The molecule has 1 N–H and O–H groups in total. The van der Waals surface area contributed by atoms with E-state index >= 15 is 0 Å². The molecule has 3 nitrogen and oxygen atoms in total. The summed E-state index contributed by atoms with van der Waals surface area (Å²) in [6.07, 6.45) is 2.54. The summed E-state index contributed by atoms with van der Waals surface area (Å²) in [5.74, 6) is 0. The molecule has 1 fully saturated rings. The first-order valence-electron chi connectivity index (χ1n) is 5.44. The zero-order chi connectivity index (χ0) is 9.36. The summed E-state index contributed by atoms with van der Waals surface area (Å²) in [5.41, 5.74) is 0. The Hall–Kier alpha value is -0.120. The molecule has 78 valence electrons. The minimum atomic E-state index is 0.843. The fraction of sp³-hybridized carbons (Fsp3) is 1.00. The molecule has 1 saturated heterocycles. The molecule has 0 unspecified atom stereocenters. The van der Waals surface area contributed by atoms with E-state index in [2.05, 4.69) is 17.1 Å². The molecular weight excluding hydrogens is 164 g/mol. The molecule has 1 aliphatic rings. The van der Waals surface area contributed by atoms with Crippen LogP contribution in [0.2, 0.25) is 0 Å². The van der Waals surface area contributed by atoms with Gasteiger partial charge in [0.1, 0.15) is 0 Å². The van der Waals surface area contributed by atoms with E-state index in [4.69, 9.17) is 4.74 Å². The predicted molar refractivity (Wildman–Crippen MR) is 55.0 cm³/mol. The van der Waals surface area contributed by atoms with Gasteiger partial charge in [0.05, 0.1) is 6.61 Å². The van der Waals surface area contributed by atoms with Gasteiger partial charge in [-0.2, -0.15) is 0 Å². The van der Waals surface area contributed by atoms with Crippen LogP contribution in [0.3, 0.4) is 0 Å². The van der Waals surface area contributed by atoms with Gasteiger partial charge in [0.25, 0.3) is 0 Å². The van der Waals surface area contributed by atoms with Crippen molar-refractivity contribution < 1.29 is 4.74 Å². The van der Waals surface area contributed by atoms with Crippen LogP contribution < -0.4 is 5.32 Å². The van der Waals surface area contributed by atoms with E-state index in [1.807, 2.05) is 0 Å². The van der Waals surface area contributed by atoms with Gasteiger partial charge in [-0.3, -0.25) is 0 Å². The summed E-state index contributed by atoms with van der Waals surface area (Å²) < 4.78 is 5.35. The molecule has 0 aromatic rings. The fourth-order valence-corrected chi connectivity index (χ4v) is 1.65. The molecule has 1 heterocycles. The normalized spacial score (nSPS) is 21.0. The summed E-state index contributed by atoms with van der Waals surface area (Å²) in [6.45, 7) is 9.68. The average molecular weight is 186 g/mol. The second kappa shape index (κ2) is 7.30. The van der Waals surface area contributed by atoms with Crippen LogP contribution in [0.15, 0.2) is 0 Å². The second-order valence-corrected chi connectivity index (χ2v) is 3.50. The van der Waals surface area contributed by atoms with E-state index < -0.39 is 0 Å². The van der Waals surface area contributed by atoms with Crippen LogP contribution in [0.25, 0.3) is 0 Å². The molecule has 0 saturated carbocycles. The zero-order valence-electron chi connectivity index (χ0n) is 8.72. The molecule has 0 aromatic heterocycles. The Morgan fingerprint density at radius 2 is 1.92 bits per heavy atom. The maximum Gasteiger partial charge on any atom is 0.0593 e. The molecule has 0 aromatic carbocycles. The summed E-state index contributed by atoms with van der Waals surface area (Å²) in [5, 5.41) is 3.42. The van der Waals surface area contributed by atoms with Gasteiger partial charge in [-0.1, -0.05) is 0 Å². The Bertz CT molecular complexity index is 111. The van der Waals surface area contributed by atoms with Gasteiger partial charge >= 0.3 is 0 Å². The quantitative estimate of drug-likeness (QED) is 0.654.